The fourth-order valence-electron chi connectivity index (χ4n) is 1.86. The number of carbonyl (C=O) groups is 1. The zero-order chi connectivity index (χ0) is 14.2. The molecule has 0 saturated heterocycles. The number of nitrogen functional groups attached to an aromatic ring is 1. The van der Waals surface area contributed by atoms with Crippen LogP contribution in [0.15, 0.2) is 11.1 Å². The number of nitrogens with one attached hydrogen (secondary N) is 1. The molecule has 0 radical (unpaired) electrons. The second kappa shape index (κ2) is 4.56. The van der Waals surface area contributed by atoms with Crippen molar-refractivity contribution in [3.63, 3.8) is 0 Å². The van der Waals surface area contributed by atoms with Crippen molar-refractivity contribution in [2.75, 3.05) is 5.73 Å². The van der Waals surface area contributed by atoms with Crippen molar-refractivity contribution in [1.82, 2.24) is 19.7 Å². The van der Waals surface area contributed by atoms with Gasteiger partial charge in [0.15, 0.2) is 5.82 Å². The van der Waals surface area contributed by atoms with E-state index in [-0.39, 0.29) is 17.9 Å². The molecule has 0 aromatic carbocycles. The molecule has 19 heavy (non-hydrogen) atoms. The summed E-state index contributed by atoms with van der Waals surface area (Å²) >= 11 is 0. The van der Waals surface area contributed by atoms with Gasteiger partial charge in [-0.2, -0.15) is 5.10 Å². The van der Waals surface area contributed by atoms with Gasteiger partial charge in [0.25, 0.3) is 5.56 Å². The molecule has 2 aromatic heterocycles. The van der Waals surface area contributed by atoms with E-state index in [4.69, 9.17) is 10.8 Å². The largest absolute Gasteiger partial charge is 0.481 e. The van der Waals surface area contributed by atoms with Crippen LogP contribution in [0, 0.1) is 13.8 Å². The molecule has 2 aromatic rings. The number of aromatic amines is 1. The zero-order valence-corrected chi connectivity index (χ0v) is 10.5. The highest BCUT2D eigenvalue weighted by Gasteiger charge is 2.18. The van der Waals surface area contributed by atoms with Crippen LogP contribution in [0.1, 0.15) is 17.0 Å². The molecule has 2 heterocycles. The Kier molecular flexibility index (Phi) is 3.07. The van der Waals surface area contributed by atoms with Gasteiger partial charge in [-0.15, -0.1) is 0 Å². The number of aliphatic carboxylic acids is 1. The summed E-state index contributed by atoms with van der Waals surface area (Å²) in [5, 5.41) is 13.1. The fourth-order valence-corrected chi connectivity index (χ4v) is 1.86. The average molecular weight is 263 g/mol. The maximum atomic E-state index is 11.4. The molecule has 8 nitrogen and oxygen atoms in total. The first kappa shape index (κ1) is 12.8. The van der Waals surface area contributed by atoms with Crippen LogP contribution >= 0.6 is 0 Å². The molecule has 0 amide bonds. The number of aryl methyl sites for hydroxylation is 1. The predicted octanol–water partition coefficient (Wildman–Crippen LogP) is -0.218. The Hall–Kier alpha value is -2.64. The van der Waals surface area contributed by atoms with E-state index < -0.39 is 11.5 Å². The second-order valence-corrected chi connectivity index (χ2v) is 4.10. The topological polar surface area (TPSA) is 127 Å². The lowest BCUT2D eigenvalue weighted by Crippen LogP contribution is -2.17. The van der Waals surface area contributed by atoms with Crippen molar-refractivity contribution >= 4 is 11.7 Å². The summed E-state index contributed by atoms with van der Waals surface area (Å²) in [4.78, 5) is 28.6. The first-order valence-electron chi connectivity index (χ1n) is 5.52. The van der Waals surface area contributed by atoms with Gasteiger partial charge in [0.2, 0.25) is 0 Å². The molecular weight excluding hydrogens is 250 g/mol. The Bertz CT molecular complexity index is 701. The van der Waals surface area contributed by atoms with Crippen LogP contribution in [0.4, 0.5) is 5.69 Å². The van der Waals surface area contributed by atoms with Crippen LogP contribution in [-0.4, -0.2) is 30.8 Å². The molecule has 0 fully saturated rings. The number of hydrogen-bond donors (Lipinski definition) is 3. The molecule has 0 atom stereocenters. The molecule has 0 saturated carbocycles. The highest BCUT2D eigenvalue weighted by Crippen LogP contribution is 2.18. The molecule has 8 heteroatoms. The van der Waals surface area contributed by atoms with Gasteiger partial charge in [-0.1, -0.05) is 0 Å². The smallest absolute Gasteiger partial charge is 0.307 e. The normalized spacial score (nSPS) is 10.6. The molecule has 0 aliphatic carbocycles. The quantitative estimate of drug-likeness (QED) is 0.702. The van der Waals surface area contributed by atoms with E-state index in [1.165, 1.54) is 11.0 Å². The molecule has 100 valence electrons. The first-order valence-corrected chi connectivity index (χ1v) is 5.52. The van der Waals surface area contributed by atoms with E-state index in [1.807, 2.05) is 0 Å². The minimum Gasteiger partial charge on any atom is -0.481 e. The summed E-state index contributed by atoms with van der Waals surface area (Å²) in [6.45, 7) is 3.41. The highest BCUT2D eigenvalue weighted by molar-refractivity contribution is 5.71. The lowest BCUT2D eigenvalue weighted by Gasteiger charge is -2.05. The standard InChI is InChI=1S/C11H13N5O3/c1-5-7(3-8(17)18)6(2)16(15-5)10-9(12)11(19)14-4-13-10/h4H,3,12H2,1-2H3,(H,17,18)(H,13,14,19). The van der Waals surface area contributed by atoms with E-state index in [2.05, 4.69) is 15.1 Å². The predicted molar refractivity (Wildman–Crippen MR) is 67.2 cm³/mol. The van der Waals surface area contributed by atoms with Crippen LogP contribution in [0.2, 0.25) is 0 Å². The number of carboxylic acid groups (broad SMARTS) is 1. The third kappa shape index (κ3) is 2.19. The van der Waals surface area contributed by atoms with E-state index in [1.54, 1.807) is 13.8 Å². The van der Waals surface area contributed by atoms with Gasteiger partial charge in [0.05, 0.1) is 18.4 Å². The maximum Gasteiger partial charge on any atom is 0.307 e. The number of carboxylic acids is 1. The van der Waals surface area contributed by atoms with Crippen LogP contribution in [0.5, 0.6) is 0 Å². The van der Waals surface area contributed by atoms with Crippen LogP contribution in [-0.2, 0) is 11.2 Å². The molecular formula is C11H13N5O3. The number of nitrogens with two attached hydrogens (primary N) is 1. The molecule has 0 spiro atoms. The van der Waals surface area contributed by atoms with Gasteiger partial charge in [-0.3, -0.25) is 9.59 Å². The number of rotatable bonds is 3. The van der Waals surface area contributed by atoms with Crippen LogP contribution in [0.25, 0.3) is 5.82 Å². The molecule has 4 N–H and O–H groups in total. The van der Waals surface area contributed by atoms with Gasteiger partial charge in [-0.05, 0) is 13.8 Å². The summed E-state index contributed by atoms with van der Waals surface area (Å²) < 4.78 is 1.39. The van der Waals surface area contributed by atoms with Gasteiger partial charge in [0, 0.05) is 11.3 Å². The molecule has 0 aliphatic rings. The first-order chi connectivity index (χ1) is 8.91. The van der Waals surface area contributed by atoms with Gasteiger partial charge < -0.3 is 15.8 Å². The monoisotopic (exact) mass is 263 g/mol. The molecule has 0 aliphatic heterocycles. The van der Waals surface area contributed by atoms with Crippen LogP contribution in [0.3, 0.4) is 0 Å². The average Bonchev–Trinajstić information content (AvgIpc) is 2.60. The Balaban J connectivity index is 2.61. The summed E-state index contributed by atoms with van der Waals surface area (Å²) in [7, 11) is 0. The maximum absolute atomic E-state index is 11.4. The van der Waals surface area contributed by atoms with E-state index >= 15 is 0 Å². The molecule has 2 rings (SSSR count). The van der Waals surface area contributed by atoms with Crippen molar-refractivity contribution < 1.29 is 9.90 Å². The third-order valence-corrected chi connectivity index (χ3v) is 2.84. The molecule has 0 unspecified atom stereocenters. The minimum absolute atomic E-state index is 0.0602. The van der Waals surface area contributed by atoms with Crippen molar-refractivity contribution in [2.45, 2.75) is 20.3 Å². The summed E-state index contributed by atoms with van der Waals surface area (Å²) in [6.07, 6.45) is 1.09. The SMILES string of the molecule is Cc1nn(-c2nc[nH]c(=O)c2N)c(C)c1CC(=O)O. The Morgan fingerprint density at radius 3 is 2.84 bits per heavy atom. The van der Waals surface area contributed by atoms with E-state index in [9.17, 15) is 9.59 Å². The van der Waals surface area contributed by atoms with Crippen LogP contribution < -0.4 is 11.3 Å². The lowest BCUT2D eigenvalue weighted by atomic mass is 10.1. The van der Waals surface area contributed by atoms with Gasteiger partial charge >= 0.3 is 5.97 Å². The van der Waals surface area contributed by atoms with Gasteiger partial charge in [-0.25, -0.2) is 9.67 Å². The summed E-state index contributed by atoms with van der Waals surface area (Å²) in [5.74, 6) is -0.751. The number of aromatic nitrogens is 4. The highest BCUT2D eigenvalue weighted by atomic mass is 16.4. The Morgan fingerprint density at radius 2 is 2.21 bits per heavy atom. The number of hydrogen-bond acceptors (Lipinski definition) is 5. The van der Waals surface area contributed by atoms with Crippen molar-refractivity contribution in [1.29, 1.82) is 0 Å². The fraction of sp³-hybridized carbons (Fsp3) is 0.273. The number of anilines is 1. The summed E-state index contributed by atoms with van der Waals surface area (Å²) in [6, 6.07) is 0. The Morgan fingerprint density at radius 1 is 1.53 bits per heavy atom. The van der Waals surface area contributed by atoms with E-state index in [0.29, 0.717) is 17.0 Å². The van der Waals surface area contributed by atoms with Crippen molar-refractivity contribution in [3.05, 3.63) is 33.6 Å². The van der Waals surface area contributed by atoms with Gasteiger partial charge in [0.1, 0.15) is 5.69 Å². The van der Waals surface area contributed by atoms with E-state index in [0.717, 1.165) is 0 Å². The summed E-state index contributed by atoms with van der Waals surface area (Å²) in [5.41, 5.74) is 6.90. The minimum atomic E-state index is -0.947. The number of H-pyrrole nitrogens is 1. The van der Waals surface area contributed by atoms with Crippen molar-refractivity contribution in [2.24, 2.45) is 0 Å². The second-order valence-electron chi connectivity index (χ2n) is 4.10. The molecule has 0 bridgehead atoms. The van der Waals surface area contributed by atoms with Crippen molar-refractivity contribution in [3.8, 4) is 5.82 Å². The number of nitrogens with zero attached hydrogens (tertiary/aromatic N) is 3. The third-order valence-electron chi connectivity index (χ3n) is 2.84. The Labute approximate surface area is 107 Å². The zero-order valence-electron chi connectivity index (χ0n) is 10.5. The lowest BCUT2D eigenvalue weighted by molar-refractivity contribution is -0.136.